The number of hydrogen-bond acceptors (Lipinski definition) is 2. The standard InChI is InChI=1S/C13H17NO/c1-4-12-9(3)11-8-10(15-5-2)6-7-13(11)14-12/h5,10-11,13-14H,1-3,6-8H2. The normalized spacial score (nSPS) is 34.0. The summed E-state index contributed by atoms with van der Waals surface area (Å²) in [4.78, 5) is 0. The quantitative estimate of drug-likeness (QED) is 0.550. The molecule has 2 aliphatic rings. The highest BCUT2D eigenvalue weighted by Gasteiger charge is 2.38. The zero-order chi connectivity index (χ0) is 10.8. The van der Waals surface area contributed by atoms with Crippen LogP contribution in [0.5, 0.6) is 0 Å². The van der Waals surface area contributed by atoms with Gasteiger partial charge in [-0.1, -0.05) is 19.7 Å². The molecule has 1 saturated heterocycles. The third-order valence-electron chi connectivity index (χ3n) is 3.37. The van der Waals surface area contributed by atoms with Crippen LogP contribution in [0, 0.1) is 5.92 Å². The molecule has 0 spiro atoms. The average Bonchev–Trinajstić information content (AvgIpc) is 2.56. The second-order valence-electron chi connectivity index (χ2n) is 4.17. The van der Waals surface area contributed by atoms with Gasteiger partial charge in [0.15, 0.2) is 0 Å². The van der Waals surface area contributed by atoms with E-state index in [2.05, 4.69) is 30.8 Å². The summed E-state index contributed by atoms with van der Waals surface area (Å²) in [6.07, 6.45) is 5.06. The predicted molar refractivity (Wildman–Crippen MR) is 61.1 cm³/mol. The highest BCUT2D eigenvalue weighted by atomic mass is 16.5. The van der Waals surface area contributed by atoms with Gasteiger partial charge in [0.05, 0.1) is 18.1 Å². The van der Waals surface area contributed by atoms with Crippen LogP contribution in [0.3, 0.4) is 0 Å². The molecule has 0 radical (unpaired) electrons. The maximum atomic E-state index is 5.46. The molecule has 15 heavy (non-hydrogen) atoms. The Kier molecular flexibility index (Phi) is 2.70. The molecular formula is C13H17NO. The molecule has 0 aromatic carbocycles. The molecule has 0 amide bonds. The molecule has 2 heteroatoms. The van der Waals surface area contributed by atoms with Crippen LogP contribution in [-0.2, 0) is 4.74 Å². The fourth-order valence-electron chi connectivity index (χ4n) is 2.58. The highest BCUT2D eigenvalue weighted by molar-refractivity contribution is 5.36. The third kappa shape index (κ3) is 1.73. The van der Waals surface area contributed by atoms with Crippen molar-refractivity contribution >= 4 is 0 Å². The number of fused-ring (bicyclic) bond motifs is 1. The molecule has 1 aliphatic carbocycles. The Labute approximate surface area is 91.0 Å². The van der Waals surface area contributed by atoms with E-state index in [-0.39, 0.29) is 0 Å². The fraction of sp³-hybridized carbons (Fsp3) is 0.462. The van der Waals surface area contributed by atoms with Crippen LogP contribution in [0.1, 0.15) is 19.3 Å². The summed E-state index contributed by atoms with van der Waals surface area (Å²) in [5.41, 5.74) is 5.03. The molecule has 1 heterocycles. The van der Waals surface area contributed by atoms with Gasteiger partial charge in [-0.25, -0.2) is 0 Å². The van der Waals surface area contributed by atoms with Crippen molar-refractivity contribution in [1.29, 1.82) is 0 Å². The van der Waals surface area contributed by atoms with Crippen LogP contribution in [-0.4, -0.2) is 12.1 Å². The molecule has 0 aromatic heterocycles. The van der Waals surface area contributed by atoms with Gasteiger partial charge in [0.2, 0.25) is 0 Å². The van der Waals surface area contributed by atoms with Gasteiger partial charge in [0, 0.05) is 12.0 Å². The molecule has 2 rings (SSSR count). The SMILES string of the molecule is C=C=C1NC2CCC(OC=C)CC2C1=C. The Morgan fingerprint density at radius 3 is 2.93 bits per heavy atom. The Hall–Kier alpha value is -1.40. The lowest BCUT2D eigenvalue weighted by molar-refractivity contribution is 0.0836. The average molecular weight is 203 g/mol. The molecule has 0 bridgehead atoms. The van der Waals surface area contributed by atoms with Gasteiger partial charge in [-0.15, -0.1) is 5.73 Å². The minimum absolute atomic E-state index is 0.298. The summed E-state index contributed by atoms with van der Waals surface area (Å²) in [6, 6.07) is 0.506. The number of ether oxygens (including phenoxy) is 1. The molecule has 80 valence electrons. The van der Waals surface area contributed by atoms with Gasteiger partial charge in [-0.05, 0) is 24.8 Å². The van der Waals surface area contributed by atoms with Crippen LogP contribution in [0.4, 0.5) is 0 Å². The Morgan fingerprint density at radius 2 is 2.27 bits per heavy atom. The molecular weight excluding hydrogens is 186 g/mol. The number of hydrogen-bond donors (Lipinski definition) is 1. The van der Waals surface area contributed by atoms with Crippen molar-refractivity contribution in [2.24, 2.45) is 5.92 Å². The summed E-state index contributed by atoms with van der Waals surface area (Å²) in [5.74, 6) is 0.480. The van der Waals surface area contributed by atoms with Crippen molar-refractivity contribution in [3.8, 4) is 0 Å². The minimum Gasteiger partial charge on any atom is -0.499 e. The van der Waals surface area contributed by atoms with E-state index >= 15 is 0 Å². The second-order valence-corrected chi connectivity index (χ2v) is 4.17. The summed E-state index contributed by atoms with van der Waals surface area (Å²) in [7, 11) is 0. The van der Waals surface area contributed by atoms with Gasteiger partial charge >= 0.3 is 0 Å². The van der Waals surface area contributed by atoms with Gasteiger partial charge in [0.1, 0.15) is 0 Å². The van der Waals surface area contributed by atoms with E-state index < -0.39 is 0 Å². The fourth-order valence-corrected chi connectivity index (χ4v) is 2.58. The summed E-state index contributed by atoms with van der Waals surface area (Å²) in [5, 5.41) is 3.42. The molecule has 1 aliphatic heterocycles. The molecule has 3 unspecified atom stereocenters. The topological polar surface area (TPSA) is 21.3 Å². The van der Waals surface area contributed by atoms with Crippen LogP contribution >= 0.6 is 0 Å². The first-order valence-corrected chi connectivity index (χ1v) is 5.38. The van der Waals surface area contributed by atoms with Crippen molar-refractivity contribution in [2.45, 2.75) is 31.4 Å². The maximum absolute atomic E-state index is 5.46. The van der Waals surface area contributed by atoms with Crippen LogP contribution in [0.15, 0.2) is 43.0 Å². The van der Waals surface area contributed by atoms with Crippen LogP contribution in [0.25, 0.3) is 0 Å². The first kappa shape index (κ1) is 10.1. The first-order chi connectivity index (χ1) is 7.26. The number of allylic oxidation sites excluding steroid dienone is 1. The molecule has 0 aromatic rings. The summed E-state index contributed by atoms with van der Waals surface area (Å²) < 4.78 is 5.46. The molecule has 3 atom stereocenters. The molecule has 1 N–H and O–H groups in total. The number of nitrogens with one attached hydrogen (secondary N) is 1. The zero-order valence-corrected chi connectivity index (χ0v) is 8.96. The highest BCUT2D eigenvalue weighted by Crippen LogP contribution is 2.38. The lowest BCUT2D eigenvalue weighted by atomic mass is 9.81. The Bertz CT molecular complexity index is 338. The van der Waals surface area contributed by atoms with E-state index in [9.17, 15) is 0 Å². The van der Waals surface area contributed by atoms with E-state index in [1.165, 1.54) is 0 Å². The van der Waals surface area contributed by atoms with Gasteiger partial charge in [0.25, 0.3) is 0 Å². The van der Waals surface area contributed by atoms with E-state index in [1.807, 2.05) is 0 Å². The van der Waals surface area contributed by atoms with E-state index in [4.69, 9.17) is 4.74 Å². The van der Waals surface area contributed by atoms with Crippen molar-refractivity contribution in [3.63, 3.8) is 0 Å². The smallest absolute Gasteiger partial charge is 0.0985 e. The van der Waals surface area contributed by atoms with Crippen molar-refractivity contribution < 1.29 is 4.74 Å². The van der Waals surface area contributed by atoms with E-state index in [0.29, 0.717) is 18.1 Å². The Balaban J connectivity index is 2.10. The Morgan fingerprint density at radius 1 is 1.47 bits per heavy atom. The zero-order valence-electron chi connectivity index (χ0n) is 8.96. The first-order valence-electron chi connectivity index (χ1n) is 5.38. The predicted octanol–water partition coefficient (Wildman–Crippen LogP) is 2.51. The minimum atomic E-state index is 0.298. The lowest BCUT2D eigenvalue weighted by Crippen LogP contribution is -2.35. The third-order valence-corrected chi connectivity index (χ3v) is 3.37. The molecule has 2 fully saturated rings. The van der Waals surface area contributed by atoms with Gasteiger partial charge in [-0.3, -0.25) is 0 Å². The van der Waals surface area contributed by atoms with Crippen molar-refractivity contribution in [1.82, 2.24) is 5.32 Å². The largest absolute Gasteiger partial charge is 0.499 e. The molecule has 1 saturated carbocycles. The second kappa shape index (κ2) is 4.00. The van der Waals surface area contributed by atoms with Crippen molar-refractivity contribution in [3.05, 3.63) is 43.0 Å². The van der Waals surface area contributed by atoms with Crippen LogP contribution in [0.2, 0.25) is 0 Å². The van der Waals surface area contributed by atoms with E-state index in [0.717, 1.165) is 30.5 Å². The van der Waals surface area contributed by atoms with Crippen molar-refractivity contribution in [2.75, 3.05) is 0 Å². The summed E-state index contributed by atoms with van der Waals surface area (Å²) in [6.45, 7) is 11.4. The van der Waals surface area contributed by atoms with Gasteiger partial charge in [-0.2, -0.15) is 0 Å². The number of rotatable bonds is 2. The summed E-state index contributed by atoms with van der Waals surface area (Å²) >= 11 is 0. The lowest BCUT2D eigenvalue weighted by Gasteiger charge is -2.30. The van der Waals surface area contributed by atoms with E-state index in [1.54, 1.807) is 6.26 Å². The monoisotopic (exact) mass is 203 g/mol. The van der Waals surface area contributed by atoms with Crippen LogP contribution < -0.4 is 5.32 Å². The molecule has 2 nitrogen and oxygen atoms in total. The van der Waals surface area contributed by atoms with Gasteiger partial charge < -0.3 is 10.1 Å². The maximum Gasteiger partial charge on any atom is 0.0985 e.